The van der Waals surface area contributed by atoms with Crippen LogP contribution in [0.1, 0.15) is 22.5 Å². The van der Waals surface area contributed by atoms with Crippen LogP contribution in [0.5, 0.6) is 0 Å². The Morgan fingerprint density at radius 3 is 2.87 bits per heavy atom. The van der Waals surface area contributed by atoms with Crippen molar-refractivity contribution in [2.75, 3.05) is 6.54 Å². The van der Waals surface area contributed by atoms with Crippen LogP contribution in [0, 0.1) is 13.8 Å². The molecule has 2 heterocycles. The molecule has 0 amide bonds. The van der Waals surface area contributed by atoms with Crippen LogP contribution >= 0.6 is 11.3 Å². The van der Waals surface area contributed by atoms with Crippen molar-refractivity contribution < 1.29 is 0 Å². The summed E-state index contributed by atoms with van der Waals surface area (Å²) in [7, 11) is 0. The summed E-state index contributed by atoms with van der Waals surface area (Å²) >= 11 is 1.74. The zero-order valence-corrected chi connectivity index (χ0v) is 10.1. The Labute approximate surface area is 93.8 Å². The molecule has 2 rings (SSSR count). The van der Waals surface area contributed by atoms with Crippen molar-refractivity contribution in [2.45, 2.75) is 33.4 Å². The molecule has 2 N–H and O–H groups in total. The molecule has 1 unspecified atom stereocenters. The van der Waals surface area contributed by atoms with Gasteiger partial charge < -0.3 is 10.6 Å². The fraction of sp³-hybridized carbons (Fsp3) is 0.600. The maximum Gasteiger partial charge on any atom is 0.191 e. The molecule has 0 spiro atoms. The number of aliphatic imine (C=N–C) groups is 1. The second kappa shape index (κ2) is 4.18. The van der Waals surface area contributed by atoms with Gasteiger partial charge in [0.2, 0.25) is 0 Å². The minimum absolute atomic E-state index is 0.455. The minimum atomic E-state index is 0.455. The second-order valence-corrected chi connectivity index (χ2v) is 5.12. The van der Waals surface area contributed by atoms with Crippen molar-refractivity contribution in [3.8, 4) is 0 Å². The Bertz CT molecular complexity index is 383. The molecule has 1 aromatic rings. The van der Waals surface area contributed by atoms with E-state index >= 15 is 0 Å². The highest BCUT2D eigenvalue weighted by Gasteiger charge is 2.12. The summed E-state index contributed by atoms with van der Waals surface area (Å²) in [5.41, 5.74) is 1.12. The van der Waals surface area contributed by atoms with E-state index in [9.17, 15) is 0 Å². The van der Waals surface area contributed by atoms with E-state index < -0.39 is 0 Å². The van der Waals surface area contributed by atoms with Gasteiger partial charge in [0.05, 0.1) is 23.8 Å². The molecule has 0 aromatic carbocycles. The van der Waals surface area contributed by atoms with E-state index in [0.29, 0.717) is 6.04 Å². The molecule has 5 heteroatoms. The summed E-state index contributed by atoms with van der Waals surface area (Å²) in [5, 5.41) is 7.69. The lowest BCUT2D eigenvalue weighted by Crippen LogP contribution is -2.37. The highest BCUT2D eigenvalue weighted by atomic mass is 32.1. The van der Waals surface area contributed by atoms with Gasteiger partial charge in [-0.15, -0.1) is 11.3 Å². The van der Waals surface area contributed by atoms with Crippen LogP contribution in [-0.4, -0.2) is 23.5 Å². The Morgan fingerprint density at radius 2 is 2.33 bits per heavy atom. The van der Waals surface area contributed by atoms with Gasteiger partial charge >= 0.3 is 0 Å². The highest BCUT2D eigenvalue weighted by molar-refractivity contribution is 7.11. The van der Waals surface area contributed by atoms with Gasteiger partial charge in [-0.1, -0.05) is 0 Å². The SMILES string of the molecule is Cc1nc(C)c(CNC2=NCC(C)N2)s1. The molecule has 1 aromatic heterocycles. The fourth-order valence-electron chi connectivity index (χ4n) is 1.56. The third kappa shape index (κ3) is 2.47. The number of guanidine groups is 1. The highest BCUT2D eigenvalue weighted by Crippen LogP contribution is 2.16. The number of aryl methyl sites for hydroxylation is 2. The number of thiazole rings is 1. The van der Waals surface area contributed by atoms with Gasteiger partial charge in [0, 0.05) is 10.9 Å². The Morgan fingerprint density at radius 1 is 1.53 bits per heavy atom. The molecule has 0 aliphatic carbocycles. The average molecular weight is 224 g/mol. The molecule has 1 atom stereocenters. The molecule has 0 saturated heterocycles. The molecule has 4 nitrogen and oxygen atoms in total. The molecule has 0 radical (unpaired) electrons. The molecular formula is C10H16N4S. The number of nitrogens with zero attached hydrogens (tertiary/aromatic N) is 2. The first kappa shape index (κ1) is 10.4. The van der Waals surface area contributed by atoms with Crippen LogP contribution in [0.15, 0.2) is 4.99 Å². The Balaban J connectivity index is 1.91. The maximum atomic E-state index is 4.39. The first-order valence-corrected chi connectivity index (χ1v) is 5.94. The Kier molecular flexibility index (Phi) is 2.90. The number of hydrogen-bond acceptors (Lipinski definition) is 5. The van der Waals surface area contributed by atoms with Crippen molar-refractivity contribution in [1.82, 2.24) is 15.6 Å². The van der Waals surface area contributed by atoms with E-state index in [2.05, 4.69) is 27.5 Å². The topological polar surface area (TPSA) is 49.3 Å². The quantitative estimate of drug-likeness (QED) is 0.793. The monoisotopic (exact) mass is 224 g/mol. The van der Waals surface area contributed by atoms with Crippen molar-refractivity contribution in [2.24, 2.45) is 4.99 Å². The van der Waals surface area contributed by atoms with Gasteiger partial charge in [0.15, 0.2) is 5.96 Å². The summed E-state index contributed by atoms with van der Waals surface area (Å²) in [4.78, 5) is 10.0. The first-order valence-electron chi connectivity index (χ1n) is 5.13. The van der Waals surface area contributed by atoms with Crippen LogP contribution < -0.4 is 10.6 Å². The molecule has 1 aliphatic rings. The lowest BCUT2D eigenvalue weighted by Gasteiger charge is -2.07. The molecule has 0 fully saturated rings. The van der Waals surface area contributed by atoms with Crippen molar-refractivity contribution in [3.63, 3.8) is 0 Å². The van der Waals surface area contributed by atoms with Gasteiger partial charge in [-0.3, -0.25) is 4.99 Å². The molecule has 82 valence electrons. The van der Waals surface area contributed by atoms with Crippen LogP contribution in [0.2, 0.25) is 0 Å². The van der Waals surface area contributed by atoms with Crippen LogP contribution in [0.3, 0.4) is 0 Å². The van der Waals surface area contributed by atoms with Gasteiger partial charge in [0.25, 0.3) is 0 Å². The summed E-state index contributed by atoms with van der Waals surface area (Å²) < 4.78 is 0. The van der Waals surface area contributed by atoms with Crippen molar-refractivity contribution in [1.29, 1.82) is 0 Å². The lowest BCUT2D eigenvalue weighted by molar-refractivity contribution is 0.713. The number of nitrogens with one attached hydrogen (secondary N) is 2. The molecule has 15 heavy (non-hydrogen) atoms. The second-order valence-electron chi connectivity index (χ2n) is 3.83. The van der Waals surface area contributed by atoms with Crippen LogP contribution in [-0.2, 0) is 6.54 Å². The predicted molar refractivity (Wildman–Crippen MR) is 63.3 cm³/mol. The summed E-state index contributed by atoms with van der Waals surface area (Å²) in [6.45, 7) is 7.89. The summed E-state index contributed by atoms with van der Waals surface area (Å²) in [6.07, 6.45) is 0. The van der Waals surface area contributed by atoms with Gasteiger partial charge in [0.1, 0.15) is 0 Å². The summed E-state index contributed by atoms with van der Waals surface area (Å²) in [5.74, 6) is 0.910. The standard InChI is InChI=1S/C10H16N4S/c1-6-4-11-10(13-6)12-5-9-7(2)14-8(3)15-9/h6H,4-5H2,1-3H3,(H2,11,12,13). The van der Waals surface area contributed by atoms with Crippen molar-refractivity contribution in [3.05, 3.63) is 15.6 Å². The first-order chi connectivity index (χ1) is 7.15. The third-order valence-electron chi connectivity index (χ3n) is 2.32. The number of aromatic nitrogens is 1. The zero-order chi connectivity index (χ0) is 10.8. The van der Waals surface area contributed by atoms with Crippen molar-refractivity contribution >= 4 is 17.3 Å². The smallest absolute Gasteiger partial charge is 0.191 e. The predicted octanol–water partition coefficient (Wildman–Crippen LogP) is 1.20. The minimum Gasteiger partial charge on any atom is -0.352 e. The van der Waals surface area contributed by atoms with E-state index in [4.69, 9.17) is 0 Å². The zero-order valence-electron chi connectivity index (χ0n) is 9.29. The molecular weight excluding hydrogens is 208 g/mol. The number of rotatable bonds is 2. The Hall–Kier alpha value is -1.10. The maximum absolute atomic E-state index is 4.39. The van der Waals surface area contributed by atoms with Gasteiger partial charge in [-0.05, 0) is 20.8 Å². The fourth-order valence-corrected chi connectivity index (χ4v) is 2.44. The van der Waals surface area contributed by atoms with E-state index in [0.717, 1.165) is 29.8 Å². The third-order valence-corrected chi connectivity index (χ3v) is 3.40. The largest absolute Gasteiger partial charge is 0.352 e. The lowest BCUT2D eigenvalue weighted by atomic mass is 10.4. The normalized spacial score (nSPS) is 19.9. The van der Waals surface area contributed by atoms with E-state index in [1.165, 1.54) is 4.88 Å². The van der Waals surface area contributed by atoms with Crippen LogP contribution in [0.25, 0.3) is 0 Å². The van der Waals surface area contributed by atoms with Crippen LogP contribution in [0.4, 0.5) is 0 Å². The molecule has 0 saturated carbocycles. The van der Waals surface area contributed by atoms with Gasteiger partial charge in [-0.2, -0.15) is 0 Å². The van der Waals surface area contributed by atoms with E-state index in [1.54, 1.807) is 11.3 Å². The number of hydrogen-bond donors (Lipinski definition) is 2. The van der Waals surface area contributed by atoms with E-state index in [1.807, 2.05) is 13.8 Å². The molecule has 1 aliphatic heterocycles. The van der Waals surface area contributed by atoms with Gasteiger partial charge in [-0.25, -0.2) is 4.98 Å². The van der Waals surface area contributed by atoms with E-state index in [-0.39, 0.29) is 0 Å². The summed E-state index contributed by atoms with van der Waals surface area (Å²) in [6, 6.07) is 0.455. The average Bonchev–Trinajstić information content (AvgIpc) is 2.70. The molecule has 0 bridgehead atoms.